The zero-order valence-electron chi connectivity index (χ0n) is 22.9. The molecular weight excluding hydrogens is 499 g/mol. The summed E-state index contributed by atoms with van der Waals surface area (Å²) in [6, 6.07) is 15.1. The summed E-state index contributed by atoms with van der Waals surface area (Å²) in [6.07, 6.45) is 0.584. The Morgan fingerprint density at radius 2 is 1.81 bits per heavy atom. The fourth-order valence-electron chi connectivity index (χ4n) is 4.36. The zero-order chi connectivity index (χ0) is 28.8. The van der Waals surface area contributed by atoms with Gasteiger partial charge in [0, 0.05) is 33.7 Å². The Morgan fingerprint density at radius 1 is 1.14 bits per heavy atom. The topological polar surface area (TPSA) is 98.1 Å². The number of benzene rings is 3. The van der Waals surface area contributed by atoms with Gasteiger partial charge in [0.05, 0.1) is 36.8 Å². The highest BCUT2D eigenvalue weighted by Gasteiger charge is 2.30. The van der Waals surface area contributed by atoms with Gasteiger partial charge in [0.1, 0.15) is 28.7 Å². The number of hydrogen-bond donors (Lipinski definition) is 1. The number of carbonyl (C=O) groups excluding carboxylic acids is 1. The van der Waals surface area contributed by atoms with Gasteiger partial charge in [-0.2, -0.15) is 0 Å². The summed E-state index contributed by atoms with van der Waals surface area (Å²) in [5.41, 5.74) is 1.47. The van der Waals surface area contributed by atoms with E-state index in [1.165, 1.54) is 34.6 Å². The van der Waals surface area contributed by atoms with E-state index in [0.717, 1.165) is 6.26 Å². The van der Waals surface area contributed by atoms with E-state index in [1.807, 2.05) is 5.32 Å². The molecule has 0 radical (unpaired) electrons. The second kappa shape index (κ2) is 9.53. The van der Waals surface area contributed by atoms with Crippen LogP contribution in [0.3, 0.4) is 0 Å². The van der Waals surface area contributed by atoms with E-state index in [2.05, 4.69) is 0 Å². The standard InChI is InChI=1S/C27H25FN2O6S/c1-16-21-14-22-24(15-23(21)30(12-13-34-16)37(3,32)33)36-26(25(22)27(31)29-2)17-4-8-19(9-5-17)35-20-10-6-18(28)7-11-20/h4-11,14-16H,12-13H2,1-3H3,(H,29,31)/i2D3. The predicted octanol–water partition coefficient (Wildman–Crippen LogP) is 5.25. The summed E-state index contributed by atoms with van der Waals surface area (Å²) in [6.45, 7) is -0.745. The van der Waals surface area contributed by atoms with Crippen LogP contribution in [0.15, 0.2) is 65.1 Å². The summed E-state index contributed by atoms with van der Waals surface area (Å²) < 4.78 is 79.8. The van der Waals surface area contributed by atoms with Crippen molar-refractivity contribution in [3.05, 3.63) is 77.6 Å². The van der Waals surface area contributed by atoms with Crippen molar-refractivity contribution in [3.63, 3.8) is 0 Å². The number of carbonyl (C=O) groups is 1. The second-order valence-corrected chi connectivity index (χ2v) is 10.5. The normalized spacial score (nSPS) is 17.3. The summed E-state index contributed by atoms with van der Waals surface area (Å²) in [5.74, 6) is -0.342. The lowest BCUT2D eigenvalue weighted by Gasteiger charge is -2.22. The highest BCUT2D eigenvalue weighted by molar-refractivity contribution is 7.92. The molecule has 4 aromatic rings. The highest BCUT2D eigenvalue weighted by Crippen LogP contribution is 2.41. The van der Waals surface area contributed by atoms with Crippen LogP contribution in [0.25, 0.3) is 22.3 Å². The molecular formula is C27H25FN2O6S. The molecule has 1 unspecified atom stereocenters. The van der Waals surface area contributed by atoms with Gasteiger partial charge < -0.3 is 19.2 Å². The summed E-state index contributed by atoms with van der Waals surface area (Å²) in [4.78, 5) is 13.3. The number of halogens is 1. The average Bonchev–Trinajstić information content (AvgIpc) is 3.15. The fraction of sp³-hybridized carbons (Fsp3) is 0.222. The molecule has 1 aromatic heterocycles. The minimum absolute atomic E-state index is 0.0246. The number of anilines is 1. The van der Waals surface area contributed by atoms with Crippen LogP contribution in [0, 0.1) is 5.82 Å². The van der Waals surface area contributed by atoms with Crippen LogP contribution in [0.4, 0.5) is 10.1 Å². The maximum atomic E-state index is 13.3. The van der Waals surface area contributed by atoms with Crippen LogP contribution < -0.4 is 14.4 Å². The van der Waals surface area contributed by atoms with Crippen molar-refractivity contribution in [1.29, 1.82) is 0 Å². The van der Waals surface area contributed by atoms with Crippen LogP contribution in [0.1, 0.15) is 33.1 Å². The Kier molecular flexibility index (Phi) is 5.46. The zero-order valence-corrected chi connectivity index (χ0v) is 20.8. The van der Waals surface area contributed by atoms with Crippen molar-refractivity contribution in [1.82, 2.24) is 5.32 Å². The number of amides is 1. The maximum absolute atomic E-state index is 13.3. The number of ether oxygens (including phenoxy) is 2. The molecule has 192 valence electrons. The fourth-order valence-corrected chi connectivity index (χ4v) is 5.28. The van der Waals surface area contributed by atoms with Crippen molar-refractivity contribution >= 4 is 32.6 Å². The molecule has 5 rings (SSSR count). The van der Waals surface area contributed by atoms with Gasteiger partial charge in [-0.3, -0.25) is 9.10 Å². The Balaban J connectivity index is 1.64. The minimum Gasteiger partial charge on any atom is -0.457 e. The third-order valence-electron chi connectivity index (χ3n) is 6.11. The van der Waals surface area contributed by atoms with Crippen molar-refractivity contribution in [2.24, 2.45) is 0 Å². The lowest BCUT2D eigenvalue weighted by atomic mass is 10.0. The first-order chi connectivity index (χ1) is 18.8. The van der Waals surface area contributed by atoms with Crippen molar-refractivity contribution in [2.45, 2.75) is 13.0 Å². The molecule has 0 bridgehead atoms. The number of hydrogen-bond acceptors (Lipinski definition) is 6. The van der Waals surface area contributed by atoms with Gasteiger partial charge in [0.15, 0.2) is 0 Å². The molecule has 0 fully saturated rings. The van der Waals surface area contributed by atoms with Crippen molar-refractivity contribution in [2.75, 3.05) is 30.7 Å². The van der Waals surface area contributed by atoms with Crippen molar-refractivity contribution < 1.29 is 35.6 Å². The van der Waals surface area contributed by atoms with Gasteiger partial charge in [-0.1, -0.05) is 0 Å². The maximum Gasteiger partial charge on any atom is 0.255 e. The molecule has 0 saturated heterocycles. The molecule has 1 aliphatic rings. The van der Waals surface area contributed by atoms with Crippen LogP contribution in [0.2, 0.25) is 0 Å². The van der Waals surface area contributed by atoms with Crippen LogP contribution in [0.5, 0.6) is 11.5 Å². The number of rotatable bonds is 5. The van der Waals surface area contributed by atoms with Crippen LogP contribution in [-0.4, -0.2) is 40.7 Å². The van der Waals surface area contributed by atoms with Crippen LogP contribution >= 0.6 is 0 Å². The first-order valence-electron chi connectivity index (χ1n) is 12.9. The molecule has 0 spiro atoms. The monoisotopic (exact) mass is 527 g/mol. The molecule has 0 aliphatic carbocycles. The number of nitrogens with zero attached hydrogens (tertiary/aromatic N) is 1. The van der Waals surface area contributed by atoms with Crippen LogP contribution in [-0.2, 0) is 14.8 Å². The molecule has 10 heteroatoms. The quantitative estimate of drug-likeness (QED) is 0.381. The number of sulfonamides is 1. The molecule has 1 N–H and O–H groups in total. The smallest absolute Gasteiger partial charge is 0.255 e. The van der Waals surface area contributed by atoms with E-state index in [0.29, 0.717) is 33.7 Å². The molecule has 0 saturated carbocycles. The predicted molar refractivity (Wildman–Crippen MR) is 138 cm³/mol. The van der Waals surface area contributed by atoms with Gasteiger partial charge in [-0.25, -0.2) is 12.8 Å². The summed E-state index contributed by atoms with van der Waals surface area (Å²) in [7, 11) is -3.66. The van der Waals surface area contributed by atoms with E-state index in [9.17, 15) is 17.6 Å². The van der Waals surface area contributed by atoms with Gasteiger partial charge in [0.2, 0.25) is 10.0 Å². The molecule has 1 atom stereocenters. The molecule has 8 nitrogen and oxygen atoms in total. The largest absolute Gasteiger partial charge is 0.457 e. The number of furan rings is 1. The first-order valence-corrected chi connectivity index (χ1v) is 13.2. The van der Waals surface area contributed by atoms with E-state index in [-0.39, 0.29) is 30.1 Å². The van der Waals surface area contributed by atoms with Gasteiger partial charge >= 0.3 is 0 Å². The lowest BCUT2D eigenvalue weighted by molar-refractivity contribution is 0.0769. The van der Waals surface area contributed by atoms with E-state index < -0.39 is 34.8 Å². The third kappa shape index (κ3) is 4.77. The summed E-state index contributed by atoms with van der Waals surface area (Å²) in [5, 5.41) is 2.32. The first kappa shape index (κ1) is 21.2. The molecule has 1 amide bonds. The Hall–Kier alpha value is -3.89. The molecule has 3 aromatic carbocycles. The van der Waals surface area contributed by atoms with Gasteiger partial charge in [-0.05, 0) is 61.5 Å². The van der Waals surface area contributed by atoms with E-state index >= 15 is 0 Å². The van der Waals surface area contributed by atoms with Gasteiger partial charge in [-0.15, -0.1) is 0 Å². The Morgan fingerprint density at radius 3 is 2.46 bits per heavy atom. The SMILES string of the molecule is [2H]C([2H])([2H])NC(=O)c1c(-c2ccc(Oc3ccc(F)cc3)cc2)oc2cc3c(cc12)C(C)OCCN3S(C)(=O)=O. The van der Waals surface area contributed by atoms with Crippen molar-refractivity contribution in [3.8, 4) is 22.8 Å². The molecule has 1 aliphatic heterocycles. The number of nitrogens with one attached hydrogen (secondary N) is 1. The minimum atomic E-state index is -3.66. The number of fused-ring (bicyclic) bond motifs is 2. The third-order valence-corrected chi connectivity index (χ3v) is 7.29. The molecule has 37 heavy (non-hydrogen) atoms. The summed E-state index contributed by atoms with van der Waals surface area (Å²) >= 11 is 0. The molecule has 2 heterocycles. The lowest BCUT2D eigenvalue weighted by Crippen LogP contribution is -2.32. The highest BCUT2D eigenvalue weighted by atomic mass is 32.2. The Bertz CT molecular complexity index is 1690. The van der Waals surface area contributed by atoms with Gasteiger partial charge in [0.25, 0.3) is 5.91 Å². The second-order valence-electron chi connectivity index (χ2n) is 8.60. The van der Waals surface area contributed by atoms with E-state index in [1.54, 1.807) is 37.3 Å². The van der Waals surface area contributed by atoms with E-state index in [4.69, 9.17) is 18.0 Å². The Labute approximate surface area is 217 Å². The average molecular weight is 528 g/mol.